The van der Waals surface area contributed by atoms with Gasteiger partial charge in [-0.05, 0) is 30.7 Å². The molecule has 0 fully saturated rings. The van der Waals surface area contributed by atoms with E-state index in [2.05, 4.69) is 25.6 Å². The second kappa shape index (κ2) is 8.05. The van der Waals surface area contributed by atoms with Crippen LogP contribution in [-0.4, -0.2) is 26.7 Å². The molecule has 8 heteroatoms. The number of pyridine rings is 3. The normalized spacial score (nSPS) is 10.3. The summed E-state index contributed by atoms with van der Waals surface area (Å²) in [6, 6.07) is 8.34. The molecule has 27 heavy (non-hydrogen) atoms. The third kappa shape index (κ3) is 4.63. The standard InChI is InChI=1S/C19H19N7O/c1-12-7-14(4-6-23-12)18(21)15-11-24-17(8-16(15)20)26-19(27)25-10-13-3-2-5-22-9-13/h2-9,11,21H,10H2,1H3,(H4,20,24,25,26,27). The lowest BCUT2D eigenvalue weighted by Crippen LogP contribution is -2.28. The van der Waals surface area contributed by atoms with Gasteiger partial charge < -0.3 is 11.1 Å². The van der Waals surface area contributed by atoms with Gasteiger partial charge in [-0.25, -0.2) is 9.78 Å². The number of carbonyl (C=O) groups is 1. The van der Waals surface area contributed by atoms with Crippen molar-refractivity contribution in [1.29, 1.82) is 5.41 Å². The largest absolute Gasteiger partial charge is 0.398 e. The van der Waals surface area contributed by atoms with Gasteiger partial charge in [0.15, 0.2) is 0 Å². The van der Waals surface area contributed by atoms with E-state index in [0.29, 0.717) is 29.2 Å². The number of rotatable bonds is 5. The maximum atomic E-state index is 12.0. The van der Waals surface area contributed by atoms with Crippen LogP contribution in [0.4, 0.5) is 16.3 Å². The Hall–Kier alpha value is -3.81. The second-order valence-corrected chi connectivity index (χ2v) is 5.89. The molecule has 2 amide bonds. The third-order valence-corrected chi connectivity index (χ3v) is 3.81. The van der Waals surface area contributed by atoms with E-state index in [1.54, 1.807) is 36.8 Å². The summed E-state index contributed by atoms with van der Waals surface area (Å²) in [4.78, 5) is 24.3. The van der Waals surface area contributed by atoms with Crippen LogP contribution in [0.25, 0.3) is 0 Å². The van der Waals surface area contributed by atoms with Gasteiger partial charge in [0.25, 0.3) is 0 Å². The van der Waals surface area contributed by atoms with Crippen molar-refractivity contribution < 1.29 is 4.79 Å². The van der Waals surface area contributed by atoms with Crippen molar-refractivity contribution in [2.24, 2.45) is 0 Å². The zero-order valence-electron chi connectivity index (χ0n) is 14.7. The number of nitrogen functional groups attached to an aromatic ring is 1. The van der Waals surface area contributed by atoms with Gasteiger partial charge in [-0.2, -0.15) is 0 Å². The van der Waals surface area contributed by atoms with E-state index in [0.717, 1.165) is 11.3 Å². The van der Waals surface area contributed by atoms with E-state index < -0.39 is 6.03 Å². The maximum Gasteiger partial charge on any atom is 0.320 e. The van der Waals surface area contributed by atoms with Crippen LogP contribution >= 0.6 is 0 Å². The molecular weight excluding hydrogens is 342 g/mol. The summed E-state index contributed by atoms with van der Waals surface area (Å²) in [5.74, 6) is 0.304. The topological polar surface area (TPSA) is 130 Å². The van der Waals surface area contributed by atoms with Gasteiger partial charge in [-0.3, -0.25) is 20.7 Å². The summed E-state index contributed by atoms with van der Waals surface area (Å²) in [5.41, 5.74) is 9.55. The minimum absolute atomic E-state index is 0.248. The molecule has 3 aromatic rings. The highest BCUT2D eigenvalue weighted by atomic mass is 16.2. The van der Waals surface area contributed by atoms with Crippen LogP contribution in [-0.2, 0) is 6.54 Å². The Morgan fingerprint density at radius 1 is 1.19 bits per heavy atom. The smallest absolute Gasteiger partial charge is 0.320 e. The Kier molecular flexibility index (Phi) is 5.36. The Balaban J connectivity index is 1.65. The monoisotopic (exact) mass is 361 g/mol. The minimum Gasteiger partial charge on any atom is -0.398 e. The molecule has 0 radical (unpaired) electrons. The molecule has 0 bridgehead atoms. The van der Waals surface area contributed by atoms with Gasteiger partial charge in [0, 0.05) is 59.9 Å². The van der Waals surface area contributed by atoms with E-state index in [9.17, 15) is 4.79 Å². The predicted octanol–water partition coefficient (Wildman–Crippen LogP) is 2.50. The zero-order valence-corrected chi connectivity index (χ0v) is 14.7. The molecular formula is C19H19N7O. The second-order valence-electron chi connectivity index (χ2n) is 5.89. The summed E-state index contributed by atoms with van der Waals surface area (Å²) in [7, 11) is 0. The summed E-state index contributed by atoms with van der Waals surface area (Å²) >= 11 is 0. The van der Waals surface area contributed by atoms with E-state index in [1.165, 1.54) is 12.3 Å². The van der Waals surface area contributed by atoms with E-state index in [-0.39, 0.29) is 5.71 Å². The zero-order chi connectivity index (χ0) is 19.2. The molecule has 3 rings (SSSR count). The molecule has 0 aliphatic heterocycles. The highest BCUT2D eigenvalue weighted by Crippen LogP contribution is 2.19. The fourth-order valence-electron chi connectivity index (χ4n) is 2.45. The van der Waals surface area contributed by atoms with Crippen LogP contribution in [0.3, 0.4) is 0 Å². The van der Waals surface area contributed by atoms with Crippen molar-refractivity contribution in [2.45, 2.75) is 13.5 Å². The fourth-order valence-corrected chi connectivity index (χ4v) is 2.45. The lowest BCUT2D eigenvalue weighted by molar-refractivity contribution is 0.251. The summed E-state index contributed by atoms with van der Waals surface area (Å²) < 4.78 is 0. The van der Waals surface area contributed by atoms with Gasteiger partial charge in [-0.1, -0.05) is 6.07 Å². The molecule has 0 atom stereocenters. The molecule has 3 heterocycles. The Morgan fingerprint density at radius 3 is 2.74 bits per heavy atom. The molecule has 5 N–H and O–H groups in total. The minimum atomic E-state index is -0.404. The summed E-state index contributed by atoms with van der Waals surface area (Å²) in [6.45, 7) is 2.20. The number of aryl methyl sites for hydroxylation is 1. The third-order valence-electron chi connectivity index (χ3n) is 3.81. The number of urea groups is 1. The van der Waals surface area contributed by atoms with Gasteiger partial charge >= 0.3 is 6.03 Å². The van der Waals surface area contributed by atoms with Gasteiger partial charge in [-0.15, -0.1) is 0 Å². The number of nitrogens with one attached hydrogen (secondary N) is 3. The number of hydrogen-bond donors (Lipinski definition) is 4. The lowest BCUT2D eigenvalue weighted by atomic mass is 10.0. The van der Waals surface area contributed by atoms with Crippen LogP contribution in [0.15, 0.2) is 55.1 Å². The number of nitrogens with zero attached hydrogens (tertiary/aromatic N) is 3. The number of anilines is 2. The first-order chi connectivity index (χ1) is 13.0. The molecule has 8 nitrogen and oxygen atoms in total. The van der Waals surface area contributed by atoms with E-state index in [1.807, 2.05) is 13.0 Å². The van der Waals surface area contributed by atoms with Crippen LogP contribution in [0.1, 0.15) is 22.4 Å². The number of carbonyl (C=O) groups excluding carboxylic acids is 1. The molecule has 0 spiro atoms. The van der Waals surface area contributed by atoms with Crippen LogP contribution in [0, 0.1) is 12.3 Å². The van der Waals surface area contributed by atoms with Crippen molar-refractivity contribution in [3.8, 4) is 0 Å². The number of hydrogen-bond acceptors (Lipinski definition) is 6. The average molecular weight is 361 g/mol. The Labute approximate surface area is 156 Å². The van der Waals surface area contributed by atoms with Crippen molar-refractivity contribution in [3.05, 3.63) is 77.5 Å². The van der Waals surface area contributed by atoms with E-state index >= 15 is 0 Å². The lowest BCUT2D eigenvalue weighted by Gasteiger charge is -2.11. The predicted molar refractivity (Wildman–Crippen MR) is 104 cm³/mol. The molecule has 0 unspecified atom stereocenters. The SMILES string of the molecule is Cc1cc(C(=N)c2cnc(NC(=O)NCc3cccnc3)cc2N)ccn1. The molecule has 0 saturated carbocycles. The van der Waals surface area contributed by atoms with Crippen molar-refractivity contribution in [2.75, 3.05) is 11.1 Å². The van der Waals surface area contributed by atoms with Gasteiger partial charge in [0.2, 0.25) is 0 Å². The highest BCUT2D eigenvalue weighted by Gasteiger charge is 2.12. The van der Waals surface area contributed by atoms with Crippen LogP contribution in [0.5, 0.6) is 0 Å². The van der Waals surface area contributed by atoms with E-state index in [4.69, 9.17) is 11.1 Å². The number of nitrogens with two attached hydrogens (primary N) is 1. The Bertz CT molecular complexity index is 973. The molecule has 136 valence electrons. The molecule has 0 aliphatic carbocycles. The first kappa shape index (κ1) is 18.0. The molecule has 0 aliphatic rings. The van der Waals surface area contributed by atoms with Crippen molar-refractivity contribution >= 4 is 23.2 Å². The first-order valence-electron chi connectivity index (χ1n) is 8.24. The fraction of sp³-hybridized carbons (Fsp3) is 0.105. The van der Waals surface area contributed by atoms with Crippen molar-refractivity contribution in [3.63, 3.8) is 0 Å². The number of amides is 2. The average Bonchev–Trinajstić information content (AvgIpc) is 2.67. The van der Waals surface area contributed by atoms with Crippen molar-refractivity contribution in [1.82, 2.24) is 20.3 Å². The molecule has 3 aromatic heterocycles. The molecule has 0 aromatic carbocycles. The summed E-state index contributed by atoms with van der Waals surface area (Å²) in [5, 5.41) is 13.7. The summed E-state index contributed by atoms with van der Waals surface area (Å²) in [6.07, 6.45) is 6.47. The quantitative estimate of drug-likeness (QED) is 0.519. The molecule has 0 saturated heterocycles. The van der Waals surface area contributed by atoms with Gasteiger partial charge in [0.1, 0.15) is 5.82 Å². The maximum absolute atomic E-state index is 12.0. The van der Waals surface area contributed by atoms with Crippen LogP contribution < -0.4 is 16.4 Å². The Morgan fingerprint density at radius 2 is 2.04 bits per heavy atom. The van der Waals surface area contributed by atoms with Gasteiger partial charge in [0.05, 0.1) is 5.71 Å². The highest BCUT2D eigenvalue weighted by molar-refractivity contribution is 6.13. The van der Waals surface area contributed by atoms with Crippen LogP contribution in [0.2, 0.25) is 0 Å². The first-order valence-corrected chi connectivity index (χ1v) is 8.24. The number of aromatic nitrogens is 3.